The van der Waals surface area contributed by atoms with Gasteiger partial charge >= 0.3 is 0 Å². The van der Waals surface area contributed by atoms with Crippen LogP contribution in [-0.2, 0) is 0 Å². The Morgan fingerprint density at radius 3 is 2.50 bits per heavy atom. The Labute approximate surface area is 150 Å². The van der Waals surface area contributed by atoms with Crippen LogP contribution < -0.4 is 5.43 Å². The molecule has 0 aliphatic heterocycles. The predicted molar refractivity (Wildman–Crippen MR) is 103 cm³/mol. The Bertz CT molecular complexity index is 1050. The summed E-state index contributed by atoms with van der Waals surface area (Å²) in [4.78, 5) is 20.4. The molecule has 0 saturated carbocycles. The van der Waals surface area contributed by atoms with Crippen LogP contribution in [-0.4, -0.2) is 22.1 Å². The predicted octanol–water partition coefficient (Wildman–Crippen LogP) is 3.99. The molecule has 0 saturated heterocycles. The summed E-state index contributed by atoms with van der Waals surface area (Å²) < 4.78 is 0. The number of nitrogens with zero attached hydrogens (tertiary/aromatic N) is 2. The molecule has 2 N–H and O–H groups in total. The summed E-state index contributed by atoms with van der Waals surface area (Å²) in [6.07, 6.45) is 1.61. The number of para-hydroxylation sites is 2. The van der Waals surface area contributed by atoms with Gasteiger partial charge in [-0.05, 0) is 23.8 Å². The normalized spacial score (nSPS) is 11.1. The van der Waals surface area contributed by atoms with Gasteiger partial charge in [-0.25, -0.2) is 10.4 Å². The summed E-state index contributed by atoms with van der Waals surface area (Å²) in [5.41, 5.74) is 6.53. The number of benzene rings is 3. The molecule has 126 valence electrons. The van der Waals surface area contributed by atoms with Crippen molar-refractivity contribution < 1.29 is 4.79 Å². The number of H-pyrrole nitrogens is 1. The van der Waals surface area contributed by atoms with Gasteiger partial charge in [0.25, 0.3) is 5.91 Å². The van der Waals surface area contributed by atoms with E-state index in [1.54, 1.807) is 12.3 Å². The molecule has 0 bridgehead atoms. The number of imidazole rings is 1. The van der Waals surface area contributed by atoms with E-state index >= 15 is 0 Å². The SMILES string of the molecule is O=C(N/N=C/c1ccccc1)c1ccccc1-c1nc2ccccc2[nH]1. The first-order valence-electron chi connectivity index (χ1n) is 8.24. The van der Waals surface area contributed by atoms with Crippen LogP contribution in [0.1, 0.15) is 15.9 Å². The maximum absolute atomic E-state index is 12.6. The fourth-order valence-electron chi connectivity index (χ4n) is 2.73. The largest absolute Gasteiger partial charge is 0.338 e. The molecule has 0 unspecified atom stereocenters. The number of carbonyl (C=O) groups excluding carboxylic acids is 1. The molecule has 5 heteroatoms. The second-order valence-electron chi connectivity index (χ2n) is 5.76. The third-order valence-corrected chi connectivity index (χ3v) is 4.00. The Hall–Kier alpha value is -3.73. The first kappa shape index (κ1) is 15.8. The lowest BCUT2D eigenvalue weighted by atomic mass is 10.1. The van der Waals surface area contributed by atoms with E-state index in [9.17, 15) is 4.79 Å². The molecule has 1 aromatic heterocycles. The summed E-state index contributed by atoms with van der Waals surface area (Å²) in [7, 11) is 0. The molecule has 3 aromatic carbocycles. The maximum atomic E-state index is 12.6. The van der Waals surface area contributed by atoms with Crippen molar-refractivity contribution in [2.45, 2.75) is 0 Å². The summed E-state index contributed by atoms with van der Waals surface area (Å²) in [5, 5.41) is 4.04. The topological polar surface area (TPSA) is 70.1 Å². The number of nitrogens with one attached hydrogen (secondary N) is 2. The lowest BCUT2D eigenvalue weighted by Crippen LogP contribution is -2.18. The summed E-state index contributed by atoms with van der Waals surface area (Å²) in [6, 6.07) is 24.7. The summed E-state index contributed by atoms with van der Waals surface area (Å²) in [6.45, 7) is 0. The minimum atomic E-state index is -0.284. The fourth-order valence-corrected chi connectivity index (χ4v) is 2.73. The first-order chi connectivity index (χ1) is 12.8. The smallest absolute Gasteiger partial charge is 0.272 e. The van der Waals surface area contributed by atoms with Crippen LogP contribution in [0.3, 0.4) is 0 Å². The molecule has 5 nitrogen and oxygen atoms in total. The van der Waals surface area contributed by atoms with Crippen molar-refractivity contribution >= 4 is 23.2 Å². The average Bonchev–Trinajstić information content (AvgIpc) is 3.13. The van der Waals surface area contributed by atoms with E-state index < -0.39 is 0 Å². The molecule has 0 radical (unpaired) electrons. The van der Waals surface area contributed by atoms with E-state index in [-0.39, 0.29) is 5.91 Å². The molecule has 0 aliphatic carbocycles. The molecule has 0 atom stereocenters. The number of hydrogen-bond donors (Lipinski definition) is 2. The summed E-state index contributed by atoms with van der Waals surface area (Å²) in [5.74, 6) is 0.372. The number of rotatable bonds is 4. The number of carbonyl (C=O) groups is 1. The quantitative estimate of drug-likeness (QED) is 0.435. The zero-order chi connectivity index (χ0) is 17.8. The lowest BCUT2D eigenvalue weighted by Gasteiger charge is -2.05. The monoisotopic (exact) mass is 340 g/mol. The van der Waals surface area contributed by atoms with Crippen LogP contribution >= 0.6 is 0 Å². The van der Waals surface area contributed by atoms with Gasteiger partial charge in [0.2, 0.25) is 0 Å². The first-order valence-corrected chi connectivity index (χ1v) is 8.24. The van der Waals surface area contributed by atoms with E-state index in [2.05, 4.69) is 20.5 Å². The van der Waals surface area contributed by atoms with E-state index in [0.717, 1.165) is 22.2 Å². The van der Waals surface area contributed by atoms with Crippen molar-refractivity contribution in [2.75, 3.05) is 0 Å². The molecule has 26 heavy (non-hydrogen) atoms. The Morgan fingerprint density at radius 2 is 1.65 bits per heavy atom. The van der Waals surface area contributed by atoms with Gasteiger partial charge in [0.15, 0.2) is 0 Å². The minimum Gasteiger partial charge on any atom is -0.338 e. The van der Waals surface area contributed by atoms with Gasteiger partial charge in [0.1, 0.15) is 5.82 Å². The van der Waals surface area contributed by atoms with Crippen LogP contribution in [0.15, 0.2) is 84.0 Å². The van der Waals surface area contributed by atoms with Crippen molar-refractivity contribution in [3.63, 3.8) is 0 Å². The average molecular weight is 340 g/mol. The van der Waals surface area contributed by atoms with Gasteiger partial charge in [-0.1, -0.05) is 60.7 Å². The number of fused-ring (bicyclic) bond motifs is 1. The van der Waals surface area contributed by atoms with Crippen LogP contribution in [0.5, 0.6) is 0 Å². The molecular weight excluding hydrogens is 324 g/mol. The highest BCUT2D eigenvalue weighted by Crippen LogP contribution is 2.23. The van der Waals surface area contributed by atoms with Crippen molar-refractivity contribution in [3.05, 3.63) is 90.0 Å². The molecule has 1 amide bonds. The molecule has 4 aromatic rings. The molecule has 4 rings (SSSR count). The molecule has 0 spiro atoms. The van der Waals surface area contributed by atoms with E-state index in [1.807, 2.05) is 72.8 Å². The highest BCUT2D eigenvalue weighted by atomic mass is 16.2. The molecule has 0 fully saturated rings. The molecular formula is C21H16N4O. The lowest BCUT2D eigenvalue weighted by molar-refractivity contribution is 0.0955. The van der Waals surface area contributed by atoms with Crippen molar-refractivity contribution in [1.29, 1.82) is 0 Å². The van der Waals surface area contributed by atoms with Gasteiger partial charge < -0.3 is 4.98 Å². The zero-order valence-electron chi connectivity index (χ0n) is 13.9. The summed E-state index contributed by atoms with van der Waals surface area (Å²) >= 11 is 0. The Morgan fingerprint density at radius 1 is 0.923 bits per heavy atom. The Kier molecular flexibility index (Phi) is 4.26. The molecule has 0 aliphatic rings. The number of aromatic amines is 1. The van der Waals surface area contributed by atoms with Gasteiger partial charge in [-0.2, -0.15) is 5.10 Å². The number of hydrogen-bond acceptors (Lipinski definition) is 3. The number of aromatic nitrogens is 2. The van der Waals surface area contributed by atoms with Crippen molar-refractivity contribution in [3.8, 4) is 11.4 Å². The van der Waals surface area contributed by atoms with Crippen LogP contribution in [0.4, 0.5) is 0 Å². The highest BCUT2D eigenvalue weighted by molar-refractivity contribution is 6.01. The second-order valence-corrected chi connectivity index (χ2v) is 5.76. The van der Waals surface area contributed by atoms with Crippen LogP contribution in [0.2, 0.25) is 0 Å². The van der Waals surface area contributed by atoms with E-state index in [4.69, 9.17) is 0 Å². The van der Waals surface area contributed by atoms with Gasteiger partial charge in [0, 0.05) is 5.56 Å². The van der Waals surface area contributed by atoms with Gasteiger partial charge in [0.05, 0.1) is 22.8 Å². The minimum absolute atomic E-state index is 0.284. The standard InChI is InChI=1S/C21H16N4O/c26-21(25-22-14-15-8-2-1-3-9-15)17-11-5-4-10-16(17)20-23-18-12-6-7-13-19(18)24-20/h1-14H,(H,23,24)(H,25,26)/b22-14+. The van der Waals surface area contributed by atoms with Crippen LogP contribution in [0.25, 0.3) is 22.4 Å². The number of amides is 1. The van der Waals surface area contributed by atoms with Gasteiger partial charge in [-0.15, -0.1) is 0 Å². The second kappa shape index (κ2) is 7.03. The van der Waals surface area contributed by atoms with Crippen LogP contribution in [0, 0.1) is 0 Å². The zero-order valence-corrected chi connectivity index (χ0v) is 13.9. The van der Waals surface area contributed by atoms with E-state index in [0.29, 0.717) is 11.4 Å². The number of hydrazone groups is 1. The van der Waals surface area contributed by atoms with Gasteiger partial charge in [-0.3, -0.25) is 4.79 Å². The highest BCUT2D eigenvalue weighted by Gasteiger charge is 2.14. The third kappa shape index (κ3) is 3.23. The van der Waals surface area contributed by atoms with E-state index in [1.165, 1.54) is 0 Å². The van der Waals surface area contributed by atoms with Crippen molar-refractivity contribution in [1.82, 2.24) is 15.4 Å². The Balaban J connectivity index is 1.61. The maximum Gasteiger partial charge on any atom is 0.272 e. The third-order valence-electron chi connectivity index (χ3n) is 4.00. The van der Waals surface area contributed by atoms with Crippen molar-refractivity contribution in [2.24, 2.45) is 5.10 Å². The molecule has 1 heterocycles. The fraction of sp³-hybridized carbons (Fsp3) is 0.